The number of hydrogen-bond acceptors (Lipinski definition) is 4. The Kier molecular flexibility index (Phi) is 4.03. The fourth-order valence-electron chi connectivity index (χ4n) is 1.11. The van der Waals surface area contributed by atoms with E-state index in [4.69, 9.17) is 20.9 Å². The number of nitrogens with two attached hydrogens (primary N) is 2. The first-order valence-electron chi connectivity index (χ1n) is 4.27. The zero-order chi connectivity index (χ0) is 10.6. The van der Waals surface area contributed by atoms with Gasteiger partial charge in [-0.05, 0) is 17.7 Å². The molecule has 0 aliphatic heterocycles. The Morgan fingerprint density at radius 1 is 1.21 bits per heavy atom. The SMILES string of the molecule is COC(N)c1[c]ccc(C(N)OC)c1. The molecular formula is C10H15N2O2. The molecule has 1 aromatic rings. The van der Waals surface area contributed by atoms with Gasteiger partial charge in [0.1, 0.15) is 12.5 Å². The van der Waals surface area contributed by atoms with Gasteiger partial charge in [-0.3, -0.25) is 0 Å². The Morgan fingerprint density at radius 2 is 1.86 bits per heavy atom. The van der Waals surface area contributed by atoms with E-state index in [0.717, 1.165) is 11.1 Å². The van der Waals surface area contributed by atoms with Gasteiger partial charge in [0.25, 0.3) is 0 Å². The van der Waals surface area contributed by atoms with E-state index in [1.165, 1.54) is 0 Å². The molecule has 0 spiro atoms. The lowest BCUT2D eigenvalue weighted by molar-refractivity contribution is 0.104. The van der Waals surface area contributed by atoms with Crippen LogP contribution < -0.4 is 11.5 Å². The van der Waals surface area contributed by atoms with E-state index in [1.54, 1.807) is 20.3 Å². The van der Waals surface area contributed by atoms with Gasteiger partial charge in [-0.25, -0.2) is 0 Å². The minimum absolute atomic E-state index is 0.438. The van der Waals surface area contributed by atoms with Crippen LogP contribution in [-0.4, -0.2) is 14.2 Å². The number of benzene rings is 1. The van der Waals surface area contributed by atoms with Crippen LogP contribution in [0.3, 0.4) is 0 Å². The minimum atomic E-state index is -0.473. The predicted molar refractivity (Wildman–Crippen MR) is 53.2 cm³/mol. The van der Waals surface area contributed by atoms with Crippen LogP contribution in [0.15, 0.2) is 18.2 Å². The van der Waals surface area contributed by atoms with Crippen molar-refractivity contribution in [1.29, 1.82) is 0 Å². The van der Waals surface area contributed by atoms with Crippen LogP contribution in [0.25, 0.3) is 0 Å². The molecule has 4 heteroatoms. The Morgan fingerprint density at radius 3 is 2.43 bits per heavy atom. The summed E-state index contributed by atoms with van der Waals surface area (Å²) in [7, 11) is 3.10. The average Bonchev–Trinajstić information content (AvgIpc) is 2.27. The van der Waals surface area contributed by atoms with E-state index < -0.39 is 12.5 Å². The summed E-state index contributed by atoms with van der Waals surface area (Å²) >= 11 is 0. The van der Waals surface area contributed by atoms with Gasteiger partial charge < -0.3 is 20.9 Å². The summed E-state index contributed by atoms with van der Waals surface area (Å²) in [5.41, 5.74) is 13.0. The third-order valence-electron chi connectivity index (χ3n) is 1.99. The molecule has 4 nitrogen and oxygen atoms in total. The highest BCUT2D eigenvalue weighted by molar-refractivity contribution is 5.25. The van der Waals surface area contributed by atoms with Crippen LogP contribution in [0.1, 0.15) is 23.6 Å². The molecule has 0 aromatic heterocycles. The maximum absolute atomic E-state index is 5.69. The van der Waals surface area contributed by atoms with Gasteiger partial charge in [-0.1, -0.05) is 12.1 Å². The van der Waals surface area contributed by atoms with Crippen molar-refractivity contribution in [3.05, 3.63) is 35.4 Å². The molecule has 0 fully saturated rings. The van der Waals surface area contributed by atoms with Gasteiger partial charge in [-0.2, -0.15) is 0 Å². The van der Waals surface area contributed by atoms with E-state index in [2.05, 4.69) is 6.07 Å². The summed E-state index contributed by atoms with van der Waals surface area (Å²) in [4.78, 5) is 0. The Labute approximate surface area is 83.8 Å². The lowest BCUT2D eigenvalue weighted by Crippen LogP contribution is -2.15. The molecule has 77 valence electrons. The normalized spacial score (nSPS) is 15.1. The standard InChI is InChI=1S/C10H15N2O2/c1-13-9(11)7-4-3-5-8(6-7)10(12)14-2/h3-4,6,9-10H,11-12H2,1-2H3. The van der Waals surface area contributed by atoms with Gasteiger partial charge in [-0.15, -0.1) is 0 Å². The lowest BCUT2D eigenvalue weighted by Gasteiger charge is -2.13. The second-order valence-electron chi connectivity index (χ2n) is 2.89. The van der Waals surface area contributed by atoms with Crippen molar-refractivity contribution >= 4 is 0 Å². The second kappa shape index (κ2) is 5.07. The molecule has 0 amide bonds. The molecule has 1 radical (unpaired) electrons. The van der Waals surface area contributed by atoms with E-state index in [0.29, 0.717) is 0 Å². The van der Waals surface area contributed by atoms with Gasteiger partial charge in [0.15, 0.2) is 0 Å². The third kappa shape index (κ3) is 2.52. The quantitative estimate of drug-likeness (QED) is 0.693. The monoisotopic (exact) mass is 195 g/mol. The van der Waals surface area contributed by atoms with E-state index in [-0.39, 0.29) is 0 Å². The summed E-state index contributed by atoms with van der Waals surface area (Å²) in [5, 5.41) is 0. The van der Waals surface area contributed by atoms with Gasteiger partial charge in [0.05, 0.1) is 0 Å². The number of hydrogen-bond donors (Lipinski definition) is 2. The molecule has 0 saturated carbocycles. The maximum Gasteiger partial charge on any atom is 0.132 e. The summed E-state index contributed by atoms with van der Waals surface area (Å²) in [6.07, 6.45) is -0.911. The number of methoxy groups -OCH3 is 2. The highest BCUT2D eigenvalue weighted by Gasteiger charge is 2.08. The zero-order valence-electron chi connectivity index (χ0n) is 8.36. The zero-order valence-corrected chi connectivity index (χ0v) is 8.36. The second-order valence-corrected chi connectivity index (χ2v) is 2.89. The van der Waals surface area contributed by atoms with Gasteiger partial charge in [0, 0.05) is 19.8 Å². The molecule has 0 heterocycles. The van der Waals surface area contributed by atoms with E-state index >= 15 is 0 Å². The first-order chi connectivity index (χ1) is 6.69. The first-order valence-corrected chi connectivity index (χ1v) is 4.27. The van der Waals surface area contributed by atoms with Crippen molar-refractivity contribution in [2.24, 2.45) is 11.5 Å². The fraction of sp³-hybridized carbons (Fsp3) is 0.400. The van der Waals surface area contributed by atoms with Gasteiger partial charge >= 0.3 is 0 Å². The maximum atomic E-state index is 5.69. The molecule has 1 rings (SSSR count). The van der Waals surface area contributed by atoms with Crippen molar-refractivity contribution < 1.29 is 9.47 Å². The molecular weight excluding hydrogens is 180 g/mol. The largest absolute Gasteiger partial charge is 0.363 e. The summed E-state index contributed by atoms with van der Waals surface area (Å²) in [6, 6.07) is 8.38. The smallest absolute Gasteiger partial charge is 0.132 e. The molecule has 14 heavy (non-hydrogen) atoms. The van der Waals surface area contributed by atoms with Crippen molar-refractivity contribution in [3.63, 3.8) is 0 Å². The Hall–Kier alpha value is -0.940. The van der Waals surface area contributed by atoms with E-state index in [1.807, 2.05) is 12.1 Å². The molecule has 1 aromatic carbocycles. The molecule has 2 atom stereocenters. The summed E-state index contributed by atoms with van der Waals surface area (Å²) in [6.45, 7) is 0. The Balaban J connectivity index is 2.89. The summed E-state index contributed by atoms with van der Waals surface area (Å²) in [5.74, 6) is 0. The molecule has 2 unspecified atom stereocenters. The lowest BCUT2D eigenvalue weighted by atomic mass is 10.1. The van der Waals surface area contributed by atoms with Gasteiger partial charge in [0.2, 0.25) is 0 Å². The van der Waals surface area contributed by atoms with E-state index in [9.17, 15) is 0 Å². The number of rotatable bonds is 4. The van der Waals surface area contributed by atoms with Crippen LogP contribution in [-0.2, 0) is 9.47 Å². The van der Waals surface area contributed by atoms with Crippen LogP contribution in [0, 0.1) is 6.07 Å². The predicted octanol–water partition coefficient (Wildman–Crippen LogP) is 0.694. The molecule has 0 saturated heterocycles. The average molecular weight is 195 g/mol. The van der Waals surface area contributed by atoms with Crippen molar-refractivity contribution in [2.75, 3.05) is 14.2 Å². The van der Waals surface area contributed by atoms with Crippen molar-refractivity contribution in [1.82, 2.24) is 0 Å². The molecule has 0 aliphatic carbocycles. The molecule has 0 bridgehead atoms. The fourth-order valence-corrected chi connectivity index (χ4v) is 1.11. The minimum Gasteiger partial charge on any atom is -0.363 e. The highest BCUT2D eigenvalue weighted by atomic mass is 16.5. The Bertz CT molecular complexity index is 266. The van der Waals surface area contributed by atoms with Crippen molar-refractivity contribution in [2.45, 2.75) is 12.5 Å². The third-order valence-corrected chi connectivity index (χ3v) is 1.99. The molecule has 4 N–H and O–H groups in total. The van der Waals surface area contributed by atoms with Crippen LogP contribution in [0.5, 0.6) is 0 Å². The van der Waals surface area contributed by atoms with Crippen LogP contribution >= 0.6 is 0 Å². The van der Waals surface area contributed by atoms with Crippen LogP contribution in [0.4, 0.5) is 0 Å². The van der Waals surface area contributed by atoms with Crippen molar-refractivity contribution in [3.8, 4) is 0 Å². The number of ether oxygens (including phenoxy) is 2. The topological polar surface area (TPSA) is 70.5 Å². The molecule has 0 aliphatic rings. The summed E-state index contributed by atoms with van der Waals surface area (Å²) < 4.78 is 9.96. The van der Waals surface area contributed by atoms with Crippen LogP contribution in [0.2, 0.25) is 0 Å². The first kappa shape index (κ1) is 11.1. The highest BCUT2D eigenvalue weighted by Crippen LogP contribution is 2.16.